The van der Waals surface area contributed by atoms with Gasteiger partial charge in [0.25, 0.3) is 5.69 Å². The number of non-ortho nitro benzene ring substituents is 1. The predicted octanol–water partition coefficient (Wildman–Crippen LogP) is 2.14. The number of ketones is 1. The van der Waals surface area contributed by atoms with Gasteiger partial charge in [-0.1, -0.05) is 0 Å². The maximum Gasteiger partial charge on any atom is 0.269 e. The Morgan fingerprint density at radius 2 is 2.00 bits per heavy atom. The molecule has 1 aromatic carbocycles. The van der Waals surface area contributed by atoms with E-state index in [0.29, 0.717) is 0 Å². The van der Waals surface area contributed by atoms with Crippen LogP contribution in [-0.4, -0.2) is 10.7 Å². The van der Waals surface area contributed by atoms with Gasteiger partial charge in [-0.25, -0.2) is 0 Å². The van der Waals surface area contributed by atoms with Gasteiger partial charge in [0.05, 0.1) is 17.6 Å². The average molecular weight is 219 g/mol. The number of ether oxygens (including phenoxy) is 1. The van der Waals surface area contributed by atoms with Crippen molar-refractivity contribution in [2.45, 2.75) is 12.5 Å². The summed E-state index contributed by atoms with van der Waals surface area (Å²) in [4.78, 5) is 21.1. The van der Waals surface area contributed by atoms with Crippen LogP contribution >= 0.6 is 0 Å². The molecule has 0 spiro atoms. The summed E-state index contributed by atoms with van der Waals surface area (Å²) in [5.74, 6) is -0.00500. The zero-order valence-corrected chi connectivity index (χ0v) is 8.33. The van der Waals surface area contributed by atoms with Gasteiger partial charge >= 0.3 is 0 Å². The Hall–Kier alpha value is -2.17. The van der Waals surface area contributed by atoms with Crippen LogP contribution in [0.5, 0.6) is 0 Å². The van der Waals surface area contributed by atoms with Crippen molar-refractivity contribution in [3.8, 4) is 0 Å². The van der Waals surface area contributed by atoms with E-state index >= 15 is 0 Å². The summed E-state index contributed by atoms with van der Waals surface area (Å²) >= 11 is 0. The lowest BCUT2D eigenvalue weighted by atomic mass is 10.0. The first-order valence-electron chi connectivity index (χ1n) is 4.76. The fourth-order valence-corrected chi connectivity index (χ4v) is 1.52. The van der Waals surface area contributed by atoms with E-state index in [-0.39, 0.29) is 24.0 Å². The van der Waals surface area contributed by atoms with Crippen molar-refractivity contribution in [2.24, 2.45) is 0 Å². The monoisotopic (exact) mass is 219 g/mol. The molecule has 1 aliphatic heterocycles. The van der Waals surface area contributed by atoms with Crippen LogP contribution < -0.4 is 0 Å². The molecular weight excluding hydrogens is 210 g/mol. The molecule has 1 unspecified atom stereocenters. The molecule has 5 heteroatoms. The number of nitro groups is 1. The van der Waals surface area contributed by atoms with Crippen molar-refractivity contribution in [3.63, 3.8) is 0 Å². The third kappa shape index (κ3) is 2.08. The fourth-order valence-electron chi connectivity index (χ4n) is 1.52. The number of rotatable bonds is 2. The zero-order valence-electron chi connectivity index (χ0n) is 8.33. The second kappa shape index (κ2) is 4.14. The Kier molecular flexibility index (Phi) is 2.68. The van der Waals surface area contributed by atoms with E-state index in [0.717, 1.165) is 5.56 Å². The molecule has 0 amide bonds. The minimum atomic E-state index is -0.462. The zero-order chi connectivity index (χ0) is 11.5. The molecule has 2 rings (SSSR count). The molecule has 0 aliphatic carbocycles. The third-order valence-corrected chi connectivity index (χ3v) is 2.36. The Morgan fingerprint density at radius 1 is 1.31 bits per heavy atom. The standard InChI is InChI=1S/C11H9NO4/c13-10-5-6-16-11(7-10)8-1-3-9(4-2-8)12(14)15/h1-6,11H,7H2. The minimum absolute atomic E-state index is 0.00500. The fraction of sp³-hybridized carbons (Fsp3) is 0.182. The maximum atomic E-state index is 11.1. The molecule has 16 heavy (non-hydrogen) atoms. The summed E-state index contributed by atoms with van der Waals surface area (Å²) in [5, 5.41) is 10.4. The van der Waals surface area contributed by atoms with Crippen LogP contribution in [0.25, 0.3) is 0 Å². The lowest BCUT2D eigenvalue weighted by Gasteiger charge is -2.18. The van der Waals surface area contributed by atoms with Crippen LogP contribution in [0.15, 0.2) is 36.6 Å². The summed E-state index contributed by atoms with van der Waals surface area (Å²) in [7, 11) is 0. The molecule has 0 N–H and O–H groups in total. The number of hydrogen-bond donors (Lipinski definition) is 0. The first kappa shape index (κ1) is 10.4. The quantitative estimate of drug-likeness (QED) is 0.564. The summed E-state index contributed by atoms with van der Waals surface area (Å²) in [6, 6.07) is 6.02. The van der Waals surface area contributed by atoms with Crippen molar-refractivity contribution in [1.82, 2.24) is 0 Å². The highest BCUT2D eigenvalue weighted by atomic mass is 16.6. The highest BCUT2D eigenvalue weighted by molar-refractivity contribution is 5.90. The minimum Gasteiger partial charge on any atom is -0.493 e. The molecule has 5 nitrogen and oxygen atoms in total. The topological polar surface area (TPSA) is 69.4 Å². The van der Waals surface area contributed by atoms with E-state index in [1.54, 1.807) is 12.1 Å². The molecule has 0 saturated heterocycles. The van der Waals surface area contributed by atoms with Gasteiger partial charge in [-0.3, -0.25) is 14.9 Å². The van der Waals surface area contributed by atoms with Crippen LogP contribution in [0.1, 0.15) is 18.1 Å². The van der Waals surface area contributed by atoms with Crippen LogP contribution in [0.3, 0.4) is 0 Å². The van der Waals surface area contributed by atoms with Gasteiger partial charge < -0.3 is 4.74 Å². The second-order valence-electron chi connectivity index (χ2n) is 3.45. The molecule has 82 valence electrons. The first-order valence-corrected chi connectivity index (χ1v) is 4.76. The Bertz CT molecular complexity index is 450. The number of carbonyl (C=O) groups excluding carboxylic acids is 1. The first-order chi connectivity index (χ1) is 7.66. The van der Waals surface area contributed by atoms with Crippen LogP contribution in [0.4, 0.5) is 5.69 Å². The van der Waals surface area contributed by atoms with Gasteiger partial charge in [-0.05, 0) is 17.7 Å². The average Bonchev–Trinajstić information content (AvgIpc) is 2.29. The maximum absolute atomic E-state index is 11.1. The van der Waals surface area contributed by atoms with Crippen molar-refractivity contribution in [1.29, 1.82) is 0 Å². The second-order valence-corrected chi connectivity index (χ2v) is 3.45. The van der Waals surface area contributed by atoms with E-state index in [2.05, 4.69) is 0 Å². The third-order valence-electron chi connectivity index (χ3n) is 2.36. The summed E-state index contributed by atoms with van der Waals surface area (Å²) in [6.45, 7) is 0. The molecule has 1 aliphatic rings. The van der Waals surface area contributed by atoms with Gasteiger partial charge in [0.15, 0.2) is 5.78 Å². The molecular formula is C11H9NO4. The van der Waals surface area contributed by atoms with E-state index in [1.165, 1.54) is 24.5 Å². The molecule has 0 radical (unpaired) electrons. The van der Waals surface area contributed by atoms with Gasteiger partial charge in [0.1, 0.15) is 6.10 Å². The van der Waals surface area contributed by atoms with Crippen molar-refractivity contribution < 1.29 is 14.5 Å². The summed E-state index contributed by atoms with van der Waals surface area (Å²) in [5.41, 5.74) is 0.796. The lowest BCUT2D eigenvalue weighted by Crippen LogP contribution is -2.11. The van der Waals surface area contributed by atoms with Crippen LogP contribution in [0.2, 0.25) is 0 Å². The van der Waals surface area contributed by atoms with Gasteiger partial charge in [-0.15, -0.1) is 0 Å². The molecule has 0 saturated carbocycles. The van der Waals surface area contributed by atoms with Crippen molar-refractivity contribution in [3.05, 3.63) is 52.3 Å². The normalized spacial score (nSPS) is 19.2. The number of carbonyl (C=O) groups is 1. The van der Waals surface area contributed by atoms with E-state index < -0.39 is 4.92 Å². The van der Waals surface area contributed by atoms with E-state index in [4.69, 9.17) is 4.74 Å². The molecule has 1 aromatic rings. The highest BCUT2D eigenvalue weighted by Crippen LogP contribution is 2.26. The molecule has 1 heterocycles. The van der Waals surface area contributed by atoms with Crippen LogP contribution in [-0.2, 0) is 9.53 Å². The largest absolute Gasteiger partial charge is 0.493 e. The van der Waals surface area contributed by atoms with Crippen molar-refractivity contribution >= 4 is 11.5 Å². The molecule has 0 fully saturated rings. The number of nitrogens with zero attached hydrogens (tertiary/aromatic N) is 1. The van der Waals surface area contributed by atoms with Gasteiger partial charge in [0.2, 0.25) is 0 Å². The van der Waals surface area contributed by atoms with Crippen molar-refractivity contribution in [2.75, 3.05) is 0 Å². The SMILES string of the molecule is O=C1C=COC(c2ccc([N+](=O)[O-])cc2)C1. The lowest BCUT2D eigenvalue weighted by molar-refractivity contribution is -0.384. The predicted molar refractivity (Wildman–Crippen MR) is 55.7 cm³/mol. The van der Waals surface area contributed by atoms with Crippen LogP contribution in [0, 0.1) is 10.1 Å². The van der Waals surface area contributed by atoms with Gasteiger partial charge in [0, 0.05) is 18.2 Å². The Balaban J connectivity index is 2.19. The van der Waals surface area contributed by atoms with E-state index in [1.807, 2.05) is 0 Å². The molecule has 1 atom stereocenters. The summed E-state index contributed by atoms with van der Waals surface area (Å²) in [6.07, 6.45) is 2.67. The Labute approximate surface area is 91.5 Å². The number of allylic oxidation sites excluding steroid dienone is 1. The smallest absolute Gasteiger partial charge is 0.269 e. The highest BCUT2D eigenvalue weighted by Gasteiger charge is 2.19. The van der Waals surface area contributed by atoms with Gasteiger partial charge in [-0.2, -0.15) is 0 Å². The molecule has 0 aromatic heterocycles. The Morgan fingerprint density at radius 3 is 2.56 bits per heavy atom. The number of benzene rings is 1. The van der Waals surface area contributed by atoms with E-state index in [9.17, 15) is 14.9 Å². The number of hydrogen-bond acceptors (Lipinski definition) is 4. The summed E-state index contributed by atoms with van der Waals surface area (Å²) < 4.78 is 5.26. The number of nitro benzene ring substituents is 1. The molecule has 0 bridgehead atoms.